The van der Waals surface area contributed by atoms with Crippen LogP contribution in [-0.4, -0.2) is 35.6 Å². The Kier molecular flexibility index (Phi) is 5.92. The van der Waals surface area contributed by atoms with Crippen molar-refractivity contribution in [3.8, 4) is 5.13 Å². The molecule has 0 aliphatic carbocycles. The average molecular weight is 420 g/mol. The second-order valence-corrected chi connectivity index (χ2v) is 8.92. The molecule has 3 rings (SSSR count). The van der Waals surface area contributed by atoms with Crippen LogP contribution in [0.1, 0.15) is 24.0 Å². The van der Waals surface area contributed by atoms with E-state index in [1.54, 1.807) is 16.8 Å². The molecule has 0 fully saturated rings. The van der Waals surface area contributed by atoms with E-state index in [2.05, 4.69) is 20.1 Å². The maximum absolute atomic E-state index is 12.4. The van der Waals surface area contributed by atoms with E-state index in [-0.39, 0.29) is 17.3 Å². The first-order valence-electron chi connectivity index (χ1n) is 8.60. The number of rotatable bonds is 7. The third-order valence-electron chi connectivity index (χ3n) is 3.89. The fraction of sp³-hybridized carbons (Fsp3) is 0.278. The summed E-state index contributed by atoms with van der Waals surface area (Å²) in [7, 11) is -3.63. The number of thiazole rings is 1. The summed E-state index contributed by atoms with van der Waals surface area (Å²) >= 11 is 1.47. The fourth-order valence-corrected chi connectivity index (χ4v) is 4.55. The van der Waals surface area contributed by atoms with Gasteiger partial charge < -0.3 is 5.32 Å². The first-order valence-corrected chi connectivity index (χ1v) is 11.0. The van der Waals surface area contributed by atoms with Crippen molar-refractivity contribution in [3.63, 3.8) is 0 Å². The monoisotopic (exact) mass is 419 g/mol. The van der Waals surface area contributed by atoms with Gasteiger partial charge in [0.1, 0.15) is 0 Å². The lowest BCUT2D eigenvalue weighted by molar-refractivity contribution is -0.114. The van der Waals surface area contributed by atoms with E-state index in [0.29, 0.717) is 12.1 Å². The molecule has 0 bridgehead atoms. The molecule has 0 spiro atoms. The number of nitrogens with zero attached hydrogens (tertiary/aromatic N) is 3. The van der Waals surface area contributed by atoms with Crippen LogP contribution in [0.3, 0.4) is 0 Å². The summed E-state index contributed by atoms with van der Waals surface area (Å²) in [6, 6.07) is 8.00. The number of hydrogen-bond acceptors (Lipinski definition) is 6. The third-order valence-corrected chi connectivity index (χ3v) is 6.23. The number of carbonyl (C=O) groups excluding carboxylic acids is 1. The molecular weight excluding hydrogens is 398 g/mol. The van der Waals surface area contributed by atoms with Crippen LogP contribution in [0.4, 0.5) is 5.69 Å². The molecule has 0 aliphatic heterocycles. The summed E-state index contributed by atoms with van der Waals surface area (Å²) in [5.41, 5.74) is 3.27. The normalized spacial score (nSPS) is 11.5. The zero-order valence-corrected chi connectivity index (χ0v) is 17.4. The molecule has 0 radical (unpaired) electrons. The maximum atomic E-state index is 12.4. The second-order valence-electron chi connectivity index (χ2n) is 6.31. The Bertz CT molecular complexity index is 1080. The van der Waals surface area contributed by atoms with Crippen LogP contribution in [0.2, 0.25) is 0 Å². The van der Waals surface area contributed by atoms with E-state index in [1.165, 1.54) is 30.4 Å². The molecular formula is C18H21N5O3S2. The summed E-state index contributed by atoms with van der Waals surface area (Å²) in [5, 5.41) is 9.67. The Morgan fingerprint density at radius 1 is 1.21 bits per heavy atom. The Morgan fingerprint density at radius 3 is 2.54 bits per heavy atom. The predicted octanol–water partition coefficient (Wildman–Crippen LogP) is 2.43. The van der Waals surface area contributed by atoms with Gasteiger partial charge in [0.2, 0.25) is 21.1 Å². The lowest BCUT2D eigenvalue weighted by Gasteiger charge is -2.07. The highest BCUT2D eigenvalue weighted by molar-refractivity contribution is 7.89. The molecule has 0 aliphatic rings. The van der Waals surface area contributed by atoms with Crippen molar-refractivity contribution in [3.05, 3.63) is 52.8 Å². The van der Waals surface area contributed by atoms with Gasteiger partial charge in [-0.1, -0.05) is 0 Å². The zero-order chi connectivity index (χ0) is 20.3. The first-order chi connectivity index (χ1) is 13.2. The molecule has 3 aromatic rings. The van der Waals surface area contributed by atoms with Crippen molar-refractivity contribution < 1.29 is 13.2 Å². The van der Waals surface area contributed by atoms with Crippen LogP contribution >= 0.6 is 11.3 Å². The molecule has 1 aromatic carbocycles. The molecule has 28 heavy (non-hydrogen) atoms. The van der Waals surface area contributed by atoms with Gasteiger partial charge >= 0.3 is 0 Å². The Labute approximate surface area is 167 Å². The zero-order valence-electron chi connectivity index (χ0n) is 15.8. The standard InChI is InChI=1S/C18H21N5O3S2/c1-12-10-13(2)23(22-12)18-21-16(11-27-18)8-9-19-28(25,26)17-6-4-15(5-7-17)20-14(3)24/h4-7,10-11,19H,8-9H2,1-3H3,(H,20,24). The van der Waals surface area contributed by atoms with Crippen LogP contribution in [0.25, 0.3) is 5.13 Å². The molecule has 2 heterocycles. The lowest BCUT2D eigenvalue weighted by atomic mass is 10.3. The average Bonchev–Trinajstić information content (AvgIpc) is 3.20. The van der Waals surface area contributed by atoms with Gasteiger partial charge in [-0.05, 0) is 44.2 Å². The van der Waals surface area contributed by atoms with Gasteiger partial charge in [0.15, 0.2) is 0 Å². The van der Waals surface area contributed by atoms with Gasteiger partial charge in [-0.15, -0.1) is 11.3 Å². The Balaban J connectivity index is 1.60. The van der Waals surface area contributed by atoms with E-state index in [1.807, 2.05) is 25.3 Å². The van der Waals surface area contributed by atoms with Gasteiger partial charge in [-0.2, -0.15) is 5.10 Å². The van der Waals surface area contributed by atoms with Crippen LogP contribution < -0.4 is 10.0 Å². The number of aromatic nitrogens is 3. The Hall–Kier alpha value is -2.56. The number of benzene rings is 1. The topological polar surface area (TPSA) is 106 Å². The highest BCUT2D eigenvalue weighted by Gasteiger charge is 2.14. The van der Waals surface area contributed by atoms with Crippen LogP contribution in [0.5, 0.6) is 0 Å². The first kappa shape index (κ1) is 20.2. The molecule has 148 valence electrons. The van der Waals surface area contributed by atoms with Gasteiger partial charge in [-0.3, -0.25) is 4.79 Å². The quantitative estimate of drug-likeness (QED) is 0.612. The van der Waals surface area contributed by atoms with E-state index in [9.17, 15) is 13.2 Å². The van der Waals surface area contributed by atoms with Crippen molar-refractivity contribution >= 4 is 33.0 Å². The maximum Gasteiger partial charge on any atom is 0.240 e. The minimum absolute atomic E-state index is 0.142. The lowest BCUT2D eigenvalue weighted by Crippen LogP contribution is -2.26. The highest BCUT2D eigenvalue weighted by Crippen LogP contribution is 2.18. The molecule has 0 unspecified atom stereocenters. The van der Waals surface area contributed by atoms with E-state index in [0.717, 1.165) is 22.2 Å². The number of anilines is 1. The van der Waals surface area contributed by atoms with Crippen molar-refractivity contribution in [1.82, 2.24) is 19.5 Å². The molecule has 1 amide bonds. The summed E-state index contributed by atoms with van der Waals surface area (Å²) in [6.07, 6.45) is 0.471. The van der Waals surface area contributed by atoms with Crippen LogP contribution in [-0.2, 0) is 21.2 Å². The number of carbonyl (C=O) groups is 1. The summed E-state index contributed by atoms with van der Waals surface area (Å²) in [6.45, 7) is 5.52. The van der Waals surface area contributed by atoms with Gasteiger partial charge in [0.25, 0.3) is 0 Å². The van der Waals surface area contributed by atoms with Crippen molar-refractivity contribution in [2.75, 3.05) is 11.9 Å². The molecule has 0 saturated heterocycles. The largest absolute Gasteiger partial charge is 0.326 e. The van der Waals surface area contributed by atoms with Gasteiger partial charge in [-0.25, -0.2) is 22.8 Å². The Morgan fingerprint density at radius 2 is 1.93 bits per heavy atom. The summed E-state index contributed by atoms with van der Waals surface area (Å²) in [4.78, 5) is 15.7. The van der Waals surface area contributed by atoms with E-state index < -0.39 is 10.0 Å². The minimum Gasteiger partial charge on any atom is -0.326 e. The smallest absolute Gasteiger partial charge is 0.240 e. The van der Waals surface area contributed by atoms with E-state index >= 15 is 0 Å². The SMILES string of the molecule is CC(=O)Nc1ccc(S(=O)(=O)NCCc2csc(-n3nc(C)cc3C)n2)cc1. The molecule has 0 saturated carbocycles. The number of amides is 1. The number of aryl methyl sites for hydroxylation is 2. The van der Waals surface area contributed by atoms with Crippen molar-refractivity contribution in [2.24, 2.45) is 0 Å². The number of hydrogen-bond donors (Lipinski definition) is 2. The minimum atomic E-state index is -3.63. The molecule has 0 atom stereocenters. The summed E-state index contributed by atoms with van der Waals surface area (Å²) < 4.78 is 29.2. The van der Waals surface area contributed by atoms with Crippen LogP contribution in [0, 0.1) is 13.8 Å². The van der Waals surface area contributed by atoms with E-state index in [4.69, 9.17) is 0 Å². The molecule has 8 nitrogen and oxygen atoms in total. The molecule has 2 N–H and O–H groups in total. The number of nitrogens with one attached hydrogen (secondary N) is 2. The van der Waals surface area contributed by atoms with Gasteiger partial charge in [0, 0.05) is 36.7 Å². The van der Waals surface area contributed by atoms with Gasteiger partial charge in [0.05, 0.1) is 16.3 Å². The second kappa shape index (κ2) is 8.21. The molecule has 2 aromatic heterocycles. The predicted molar refractivity (Wildman–Crippen MR) is 108 cm³/mol. The number of sulfonamides is 1. The van der Waals surface area contributed by atoms with Crippen molar-refractivity contribution in [1.29, 1.82) is 0 Å². The third kappa shape index (κ3) is 4.83. The summed E-state index contributed by atoms with van der Waals surface area (Å²) in [5.74, 6) is -0.211. The molecule has 10 heteroatoms. The highest BCUT2D eigenvalue weighted by atomic mass is 32.2. The van der Waals surface area contributed by atoms with Crippen LogP contribution in [0.15, 0.2) is 40.6 Å². The fourth-order valence-electron chi connectivity index (χ4n) is 2.65. The van der Waals surface area contributed by atoms with Crippen molar-refractivity contribution in [2.45, 2.75) is 32.1 Å².